The number of pyridine rings is 1. The van der Waals surface area contributed by atoms with E-state index in [9.17, 15) is 4.79 Å². The van der Waals surface area contributed by atoms with Crippen LogP contribution in [-0.2, 0) is 4.79 Å². The summed E-state index contributed by atoms with van der Waals surface area (Å²) in [5.74, 6) is 1.29. The number of carbonyl (C=O) groups excluding carboxylic acids is 1. The molecule has 0 bridgehead atoms. The summed E-state index contributed by atoms with van der Waals surface area (Å²) >= 11 is 5.30. The summed E-state index contributed by atoms with van der Waals surface area (Å²) in [5, 5.41) is 9.41. The maximum atomic E-state index is 13.0. The van der Waals surface area contributed by atoms with Crippen LogP contribution >= 0.6 is 12.2 Å². The highest BCUT2D eigenvalue weighted by atomic mass is 32.1. The van der Waals surface area contributed by atoms with Gasteiger partial charge >= 0.3 is 0 Å². The Morgan fingerprint density at radius 3 is 2.67 bits per heavy atom. The molecule has 0 saturated carbocycles. The molecule has 3 N–H and O–H groups in total. The van der Waals surface area contributed by atoms with Gasteiger partial charge in [0.05, 0.1) is 25.8 Å². The molecule has 2 heterocycles. The van der Waals surface area contributed by atoms with E-state index < -0.39 is 6.04 Å². The first-order chi connectivity index (χ1) is 13.0. The van der Waals surface area contributed by atoms with Gasteiger partial charge in [0, 0.05) is 17.5 Å². The summed E-state index contributed by atoms with van der Waals surface area (Å²) in [5.41, 5.74) is 1.88. The number of hydrogen-bond donors (Lipinski definition) is 3. The Hall–Kier alpha value is -3.13. The van der Waals surface area contributed by atoms with E-state index in [-0.39, 0.29) is 5.91 Å². The fourth-order valence-corrected chi connectivity index (χ4v) is 3.26. The molecule has 0 fully saturated rings. The van der Waals surface area contributed by atoms with E-state index in [0.29, 0.717) is 33.7 Å². The van der Waals surface area contributed by atoms with Crippen molar-refractivity contribution < 1.29 is 14.3 Å². The second-order valence-corrected chi connectivity index (χ2v) is 6.23. The first-order valence-corrected chi connectivity index (χ1v) is 8.67. The van der Waals surface area contributed by atoms with Crippen LogP contribution in [0.15, 0.2) is 53.9 Å². The quantitative estimate of drug-likeness (QED) is 0.683. The molecule has 0 radical (unpaired) electrons. The van der Waals surface area contributed by atoms with Gasteiger partial charge in [-0.05, 0) is 37.3 Å². The standard InChI is InChI=1S/C19H20N4O3S/c1-11-15(18(24)22-14-9-4-5-10-20-14)16(23-19(27)21-11)12-7-6-8-13(25-2)17(12)26-3/h4-10,16H,1-3H3,(H,20,22,24)(H2,21,23,27)/t16-/m1/s1. The minimum absolute atomic E-state index is 0.288. The van der Waals surface area contributed by atoms with Gasteiger partial charge in [-0.2, -0.15) is 0 Å². The molecule has 140 valence electrons. The zero-order valence-electron chi connectivity index (χ0n) is 15.2. The van der Waals surface area contributed by atoms with Gasteiger partial charge in [0.15, 0.2) is 16.6 Å². The number of hydrogen-bond acceptors (Lipinski definition) is 5. The van der Waals surface area contributed by atoms with E-state index in [2.05, 4.69) is 20.9 Å². The zero-order chi connectivity index (χ0) is 19.4. The Labute approximate surface area is 162 Å². The molecule has 2 aromatic rings. The molecule has 27 heavy (non-hydrogen) atoms. The van der Waals surface area contributed by atoms with Crippen molar-refractivity contribution in [1.29, 1.82) is 0 Å². The Balaban J connectivity index is 2.04. The molecule has 3 rings (SSSR count). The normalized spacial score (nSPS) is 16.3. The van der Waals surface area contributed by atoms with Crippen LogP contribution in [0.5, 0.6) is 11.5 Å². The molecule has 0 spiro atoms. The van der Waals surface area contributed by atoms with E-state index in [0.717, 1.165) is 5.56 Å². The molecule has 1 aliphatic rings. The average molecular weight is 384 g/mol. The number of carbonyl (C=O) groups is 1. The first-order valence-electron chi connectivity index (χ1n) is 8.26. The van der Waals surface area contributed by atoms with Crippen LogP contribution in [0.2, 0.25) is 0 Å². The molecule has 0 saturated heterocycles. The minimum Gasteiger partial charge on any atom is -0.493 e. The van der Waals surface area contributed by atoms with Crippen molar-refractivity contribution in [2.24, 2.45) is 0 Å². The van der Waals surface area contributed by atoms with E-state index in [1.54, 1.807) is 51.6 Å². The third-order valence-electron chi connectivity index (χ3n) is 4.16. The lowest BCUT2D eigenvalue weighted by Gasteiger charge is -2.31. The molecule has 7 nitrogen and oxygen atoms in total. The number of anilines is 1. The van der Waals surface area contributed by atoms with Crippen molar-refractivity contribution in [2.75, 3.05) is 19.5 Å². The van der Waals surface area contributed by atoms with E-state index in [4.69, 9.17) is 21.7 Å². The van der Waals surface area contributed by atoms with Crippen LogP contribution in [0.4, 0.5) is 5.82 Å². The molecule has 1 amide bonds. The van der Waals surface area contributed by atoms with Crippen LogP contribution in [0.3, 0.4) is 0 Å². The summed E-state index contributed by atoms with van der Waals surface area (Å²) in [6.07, 6.45) is 1.62. The number of amides is 1. The highest BCUT2D eigenvalue weighted by Crippen LogP contribution is 2.38. The number of aromatic nitrogens is 1. The predicted molar refractivity (Wildman–Crippen MR) is 107 cm³/mol. The highest BCUT2D eigenvalue weighted by Gasteiger charge is 2.32. The predicted octanol–water partition coefficient (Wildman–Crippen LogP) is 2.53. The van der Waals surface area contributed by atoms with E-state index >= 15 is 0 Å². The van der Waals surface area contributed by atoms with Crippen molar-refractivity contribution in [2.45, 2.75) is 13.0 Å². The number of rotatable bonds is 5. The molecule has 0 unspecified atom stereocenters. The zero-order valence-corrected chi connectivity index (χ0v) is 16.0. The maximum Gasteiger partial charge on any atom is 0.256 e. The minimum atomic E-state index is -0.507. The van der Waals surface area contributed by atoms with Gasteiger partial charge in [-0.25, -0.2) is 4.98 Å². The Morgan fingerprint density at radius 1 is 1.19 bits per heavy atom. The highest BCUT2D eigenvalue weighted by molar-refractivity contribution is 7.80. The van der Waals surface area contributed by atoms with Gasteiger partial charge in [0.2, 0.25) is 0 Å². The first kappa shape index (κ1) is 18.7. The van der Waals surface area contributed by atoms with Crippen LogP contribution < -0.4 is 25.4 Å². The molecule has 1 atom stereocenters. The van der Waals surface area contributed by atoms with Crippen molar-refractivity contribution in [1.82, 2.24) is 15.6 Å². The van der Waals surface area contributed by atoms with Crippen molar-refractivity contribution in [3.05, 3.63) is 59.4 Å². The summed E-state index contributed by atoms with van der Waals surface area (Å²) in [7, 11) is 3.13. The van der Waals surface area contributed by atoms with Gasteiger partial charge in [0.1, 0.15) is 5.82 Å². The van der Waals surface area contributed by atoms with Crippen LogP contribution in [0.25, 0.3) is 0 Å². The smallest absolute Gasteiger partial charge is 0.256 e. The van der Waals surface area contributed by atoms with Crippen molar-refractivity contribution in [3.8, 4) is 11.5 Å². The number of allylic oxidation sites excluding steroid dienone is 1. The fourth-order valence-electron chi connectivity index (χ4n) is 2.99. The summed E-state index contributed by atoms with van der Waals surface area (Å²) < 4.78 is 10.9. The number of benzene rings is 1. The van der Waals surface area contributed by atoms with Gasteiger partial charge in [-0.3, -0.25) is 4.79 Å². The van der Waals surface area contributed by atoms with E-state index in [1.807, 2.05) is 12.1 Å². The Bertz CT molecular complexity index is 899. The average Bonchev–Trinajstić information content (AvgIpc) is 2.67. The summed E-state index contributed by atoms with van der Waals surface area (Å²) in [6, 6.07) is 10.3. The second-order valence-electron chi connectivity index (χ2n) is 5.82. The monoisotopic (exact) mass is 384 g/mol. The van der Waals surface area contributed by atoms with Crippen molar-refractivity contribution >= 4 is 29.1 Å². The van der Waals surface area contributed by atoms with Crippen molar-refractivity contribution in [3.63, 3.8) is 0 Å². The molecule has 1 aromatic carbocycles. The number of thiocarbonyl (C=S) groups is 1. The van der Waals surface area contributed by atoms with Crippen LogP contribution in [-0.4, -0.2) is 30.2 Å². The second kappa shape index (κ2) is 8.05. The lowest BCUT2D eigenvalue weighted by atomic mass is 9.94. The van der Waals surface area contributed by atoms with Crippen LogP contribution in [0.1, 0.15) is 18.5 Å². The summed E-state index contributed by atoms with van der Waals surface area (Å²) in [6.45, 7) is 1.81. The molecule has 1 aromatic heterocycles. The molecule has 1 aliphatic heterocycles. The number of methoxy groups -OCH3 is 2. The number of ether oxygens (including phenoxy) is 2. The van der Waals surface area contributed by atoms with Gasteiger partial charge in [0.25, 0.3) is 5.91 Å². The molecule has 0 aliphatic carbocycles. The number of para-hydroxylation sites is 1. The van der Waals surface area contributed by atoms with E-state index in [1.165, 1.54) is 0 Å². The maximum absolute atomic E-state index is 13.0. The summed E-state index contributed by atoms with van der Waals surface area (Å²) in [4.78, 5) is 17.2. The molecular weight excluding hydrogens is 364 g/mol. The van der Waals surface area contributed by atoms with Gasteiger partial charge < -0.3 is 25.4 Å². The Kier molecular flexibility index (Phi) is 5.56. The number of nitrogens with one attached hydrogen (secondary N) is 3. The SMILES string of the molecule is COc1cccc([C@H]2NC(=S)NC(C)=C2C(=O)Nc2ccccn2)c1OC. The van der Waals surface area contributed by atoms with Gasteiger partial charge in [-0.1, -0.05) is 18.2 Å². The number of nitrogens with zero attached hydrogens (tertiary/aromatic N) is 1. The Morgan fingerprint density at radius 2 is 2.00 bits per heavy atom. The lowest BCUT2D eigenvalue weighted by molar-refractivity contribution is -0.113. The molecular formula is C19H20N4O3S. The molecule has 8 heteroatoms. The third kappa shape index (κ3) is 3.85. The van der Waals surface area contributed by atoms with Gasteiger partial charge in [-0.15, -0.1) is 0 Å². The van der Waals surface area contributed by atoms with Crippen LogP contribution in [0, 0.1) is 0 Å². The largest absolute Gasteiger partial charge is 0.493 e. The fraction of sp³-hybridized carbons (Fsp3) is 0.211. The third-order valence-corrected chi connectivity index (χ3v) is 4.38. The lowest BCUT2D eigenvalue weighted by Crippen LogP contribution is -2.45. The topological polar surface area (TPSA) is 84.5 Å².